The van der Waals surface area contributed by atoms with Gasteiger partial charge in [0.1, 0.15) is 16.7 Å². The number of carbonyl (C=O) groups is 1. The molecule has 2 aromatic rings. The summed E-state index contributed by atoms with van der Waals surface area (Å²) in [7, 11) is 0.0000283. The highest BCUT2D eigenvalue weighted by Crippen LogP contribution is 2.37. The number of hydrogen-bond acceptors (Lipinski definition) is 9. The highest BCUT2D eigenvalue weighted by atomic mass is 32.2. The van der Waals surface area contributed by atoms with E-state index in [4.69, 9.17) is 19.3 Å². The lowest BCUT2D eigenvalue weighted by Crippen LogP contribution is -2.49. The van der Waals surface area contributed by atoms with Crippen LogP contribution in [0.15, 0.2) is 41.3 Å². The number of aliphatic hydroxyl groups excluding tert-OH is 1. The predicted octanol–water partition coefficient (Wildman–Crippen LogP) is 1.83. The second-order valence-electron chi connectivity index (χ2n) is 7.71. The number of carboxylic acid groups (broad SMARTS) is 1. The molecule has 2 rings (SSSR count). The van der Waals surface area contributed by atoms with Gasteiger partial charge in [0, 0.05) is 5.56 Å². The Morgan fingerprint density at radius 2 is 1.36 bits per heavy atom. The van der Waals surface area contributed by atoms with E-state index in [1.165, 1.54) is 45.6 Å². The van der Waals surface area contributed by atoms with E-state index in [2.05, 4.69) is 20.8 Å². The number of ether oxygens (including phenoxy) is 3. The Morgan fingerprint density at radius 1 is 0.917 bits per heavy atom. The van der Waals surface area contributed by atoms with Gasteiger partial charge in [-0.25, -0.2) is 8.42 Å². The van der Waals surface area contributed by atoms with Crippen LogP contribution in [0.25, 0.3) is 0 Å². The van der Waals surface area contributed by atoms with Crippen molar-refractivity contribution in [2.75, 3.05) is 54.1 Å². The average Bonchev–Trinajstić information content (AvgIpc) is 2.86. The number of aliphatic hydroxyl groups is 1. The smallest absolute Gasteiger partial charge is 0.203 e. The first-order valence-electron chi connectivity index (χ1n) is 11.4. The fourth-order valence-corrected chi connectivity index (χ4v) is 3.73. The van der Waals surface area contributed by atoms with E-state index >= 15 is 0 Å². The predicted molar refractivity (Wildman–Crippen MR) is 133 cm³/mol. The lowest BCUT2D eigenvalue weighted by molar-refractivity contribution is -0.923. The number of nitrogens with zero attached hydrogens (tertiary/aromatic N) is 1. The quantitative estimate of drug-likeness (QED) is 0.360. The molecule has 36 heavy (non-hydrogen) atoms. The Bertz CT molecular complexity index is 1000. The molecular formula is C25H38NO9S-. The van der Waals surface area contributed by atoms with Gasteiger partial charge in [0.05, 0.1) is 58.4 Å². The highest BCUT2D eigenvalue weighted by Gasteiger charge is 2.18. The van der Waals surface area contributed by atoms with Gasteiger partial charge in [-0.3, -0.25) is 0 Å². The molecule has 0 saturated carbocycles. The second kappa shape index (κ2) is 16.0. The summed E-state index contributed by atoms with van der Waals surface area (Å²) in [4.78, 5) is 10.5. The van der Waals surface area contributed by atoms with E-state index in [0.717, 1.165) is 36.2 Å². The van der Waals surface area contributed by atoms with Crippen LogP contribution in [0.5, 0.6) is 17.2 Å². The van der Waals surface area contributed by atoms with Crippen LogP contribution in [0.3, 0.4) is 0 Å². The Morgan fingerprint density at radius 3 is 1.61 bits per heavy atom. The van der Waals surface area contributed by atoms with Gasteiger partial charge in [-0.15, -0.1) is 0 Å². The van der Waals surface area contributed by atoms with Crippen molar-refractivity contribution >= 4 is 16.1 Å². The molecule has 0 aliphatic heterocycles. The van der Waals surface area contributed by atoms with Gasteiger partial charge in [-0.2, -0.15) is 0 Å². The summed E-state index contributed by atoms with van der Waals surface area (Å²) in [6, 6.07) is 8.41. The number of carboxylic acids is 1. The van der Waals surface area contributed by atoms with E-state index in [1.54, 1.807) is 12.1 Å². The Kier molecular flexibility index (Phi) is 14.7. The van der Waals surface area contributed by atoms with Gasteiger partial charge < -0.3 is 38.3 Å². The molecule has 0 amide bonds. The maximum atomic E-state index is 10.7. The zero-order chi connectivity index (χ0) is 27.9. The fourth-order valence-electron chi connectivity index (χ4n) is 3.26. The number of hydrogen-bond donors (Lipinski definition) is 1. The summed E-state index contributed by atoms with van der Waals surface area (Å²) < 4.78 is 47.2. The molecule has 0 saturated heterocycles. The molecule has 0 aromatic heterocycles. The SMILES string of the molecule is CC[N+](CC)(CC)CCO.COc1cc(C(=O)[O-])cc(OC)c1OC.Cc1ccc(S(=O)(=O)[O-])cc1. The van der Waals surface area contributed by atoms with Crippen molar-refractivity contribution in [3.05, 3.63) is 47.5 Å². The summed E-state index contributed by atoms with van der Waals surface area (Å²) >= 11 is 0. The van der Waals surface area contributed by atoms with Gasteiger partial charge in [-0.1, -0.05) is 17.7 Å². The van der Waals surface area contributed by atoms with Crippen molar-refractivity contribution in [2.45, 2.75) is 32.6 Å². The van der Waals surface area contributed by atoms with E-state index in [1.807, 2.05) is 6.92 Å². The topological polar surface area (TPSA) is 145 Å². The lowest BCUT2D eigenvalue weighted by atomic mass is 10.2. The second-order valence-corrected chi connectivity index (χ2v) is 9.09. The van der Waals surface area contributed by atoms with Crippen molar-refractivity contribution in [2.24, 2.45) is 0 Å². The van der Waals surface area contributed by atoms with Gasteiger partial charge in [0.2, 0.25) is 5.75 Å². The molecule has 204 valence electrons. The molecule has 10 nitrogen and oxygen atoms in total. The van der Waals surface area contributed by atoms with Gasteiger partial charge in [-0.05, 0) is 52.0 Å². The molecule has 11 heteroatoms. The molecule has 0 heterocycles. The maximum absolute atomic E-state index is 10.7. The van der Waals surface area contributed by atoms with Crippen molar-refractivity contribution < 1.29 is 46.7 Å². The largest absolute Gasteiger partial charge is 0.744 e. The van der Waals surface area contributed by atoms with E-state index in [0.29, 0.717) is 12.4 Å². The van der Waals surface area contributed by atoms with Crippen molar-refractivity contribution in [1.82, 2.24) is 0 Å². The van der Waals surface area contributed by atoms with Crippen LogP contribution in [0.1, 0.15) is 36.7 Å². The number of carbonyl (C=O) groups excluding carboxylic acids is 1. The number of aromatic carboxylic acids is 1. The van der Waals surface area contributed by atoms with Crippen LogP contribution in [-0.4, -0.2) is 82.6 Å². The summed E-state index contributed by atoms with van der Waals surface area (Å²) in [5, 5.41) is 19.5. The lowest BCUT2D eigenvalue weighted by Gasteiger charge is -2.34. The number of rotatable bonds is 10. The first-order valence-corrected chi connectivity index (χ1v) is 12.8. The molecule has 1 N–H and O–H groups in total. The van der Waals surface area contributed by atoms with Crippen LogP contribution in [0.2, 0.25) is 0 Å². The molecule has 0 atom stereocenters. The Balaban J connectivity index is 0.000000525. The van der Waals surface area contributed by atoms with Crippen LogP contribution in [0.4, 0.5) is 0 Å². The molecule has 0 unspecified atom stereocenters. The summed E-state index contributed by atoms with van der Waals surface area (Å²) in [5.41, 5.74) is 0.905. The first-order chi connectivity index (χ1) is 16.9. The molecule has 2 aromatic carbocycles. The molecular weight excluding hydrogens is 490 g/mol. The zero-order valence-electron chi connectivity index (χ0n) is 22.1. The average molecular weight is 529 g/mol. The summed E-state index contributed by atoms with van der Waals surface area (Å²) in [6.45, 7) is 13.0. The third-order valence-corrected chi connectivity index (χ3v) is 6.65. The first kappa shape index (κ1) is 33.1. The summed E-state index contributed by atoms with van der Waals surface area (Å²) in [6.07, 6.45) is 0. The van der Waals surface area contributed by atoms with Crippen molar-refractivity contribution in [3.8, 4) is 17.2 Å². The minimum atomic E-state index is -4.27. The normalized spacial score (nSPS) is 10.8. The van der Waals surface area contributed by atoms with Crippen LogP contribution < -0.4 is 19.3 Å². The van der Waals surface area contributed by atoms with Crippen molar-refractivity contribution in [3.63, 3.8) is 0 Å². The van der Waals surface area contributed by atoms with Gasteiger partial charge in [0.15, 0.2) is 11.5 Å². The standard InChI is InChI=1S/C10H12O5.C8H20NO.C7H8O3S/c1-13-7-4-6(10(11)12)5-8(14-2)9(7)15-3;1-4-9(5-2,6-3)7-8-10;1-6-2-4-7(5-3-6)11(8,9)10/h4-5H,1-3H3,(H,11,12);10H,4-8H2,1-3H3;2-5H,1H3,(H,8,9,10)/q;+1;/p-2. The number of methoxy groups -OCH3 is 3. The van der Waals surface area contributed by atoms with Crippen LogP contribution in [0, 0.1) is 6.92 Å². The van der Waals surface area contributed by atoms with Gasteiger partial charge >= 0.3 is 0 Å². The molecule has 0 radical (unpaired) electrons. The minimum absolute atomic E-state index is 0.0236. The van der Waals surface area contributed by atoms with Crippen LogP contribution in [-0.2, 0) is 10.1 Å². The fraction of sp³-hybridized carbons (Fsp3) is 0.480. The van der Waals surface area contributed by atoms with Crippen molar-refractivity contribution in [1.29, 1.82) is 0 Å². The monoisotopic (exact) mass is 528 g/mol. The highest BCUT2D eigenvalue weighted by molar-refractivity contribution is 7.85. The number of aryl methyl sites for hydroxylation is 1. The minimum Gasteiger partial charge on any atom is -0.744 e. The molecule has 0 spiro atoms. The van der Waals surface area contributed by atoms with E-state index in [9.17, 15) is 22.9 Å². The molecule has 0 bridgehead atoms. The molecule has 0 fully saturated rings. The maximum Gasteiger partial charge on any atom is 0.203 e. The summed E-state index contributed by atoms with van der Waals surface area (Å²) in [5.74, 6) is -0.369. The van der Waals surface area contributed by atoms with E-state index < -0.39 is 16.1 Å². The van der Waals surface area contributed by atoms with Crippen LogP contribution >= 0.6 is 0 Å². The number of quaternary nitrogens is 1. The third kappa shape index (κ3) is 10.4. The molecule has 0 aliphatic rings. The Hall–Kier alpha value is -2.86. The third-order valence-electron chi connectivity index (χ3n) is 5.80. The number of benzene rings is 2. The van der Waals surface area contributed by atoms with E-state index in [-0.39, 0.29) is 22.0 Å². The molecule has 0 aliphatic carbocycles. The zero-order valence-corrected chi connectivity index (χ0v) is 22.9. The Labute approximate surface area is 214 Å². The van der Waals surface area contributed by atoms with Gasteiger partial charge in [0.25, 0.3) is 0 Å². The number of likely N-dealkylation sites (N-methyl/N-ethyl adjacent to an activating group) is 1.